The maximum Gasteiger partial charge on any atom is 0.119 e. The monoisotopic (exact) mass is 325 g/mol. The van der Waals surface area contributed by atoms with Crippen LogP contribution in [0.25, 0.3) is 0 Å². The predicted molar refractivity (Wildman–Crippen MR) is 83.7 cm³/mol. The molecule has 2 nitrogen and oxygen atoms in total. The number of hydrogen-bond acceptors (Lipinski definition) is 2. The van der Waals surface area contributed by atoms with Gasteiger partial charge in [0, 0.05) is 16.6 Å². The Bertz CT molecular complexity index is 404. The number of halogens is 1. The van der Waals surface area contributed by atoms with E-state index >= 15 is 0 Å². The van der Waals surface area contributed by atoms with Crippen LogP contribution in [0.15, 0.2) is 28.7 Å². The number of rotatable bonds is 6. The van der Waals surface area contributed by atoms with Crippen LogP contribution in [-0.4, -0.2) is 18.7 Å². The summed E-state index contributed by atoms with van der Waals surface area (Å²) in [6, 6.07) is 8.06. The van der Waals surface area contributed by atoms with E-state index in [-0.39, 0.29) is 5.54 Å². The fourth-order valence-electron chi connectivity index (χ4n) is 2.06. The fraction of sp³-hybridized carbons (Fsp3) is 0.625. The Morgan fingerprint density at radius 2 is 1.84 bits per heavy atom. The van der Waals surface area contributed by atoms with Crippen molar-refractivity contribution in [3.63, 3.8) is 0 Å². The lowest BCUT2D eigenvalue weighted by Crippen LogP contribution is -2.40. The third-order valence-electron chi connectivity index (χ3n) is 3.67. The van der Waals surface area contributed by atoms with Gasteiger partial charge in [0.05, 0.1) is 6.61 Å². The normalized spacial score (nSPS) is 17.3. The molecular weight excluding hydrogens is 302 g/mol. The van der Waals surface area contributed by atoms with Crippen LogP contribution < -0.4 is 10.1 Å². The summed E-state index contributed by atoms with van der Waals surface area (Å²) in [4.78, 5) is 0. The van der Waals surface area contributed by atoms with E-state index in [1.54, 1.807) is 0 Å². The Hall–Kier alpha value is -0.540. The van der Waals surface area contributed by atoms with Gasteiger partial charge in [-0.25, -0.2) is 0 Å². The van der Waals surface area contributed by atoms with Crippen molar-refractivity contribution in [2.75, 3.05) is 13.2 Å². The average molecular weight is 326 g/mol. The first-order chi connectivity index (χ1) is 8.89. The molecule has 0 heterocycles. The molecule has 3 heteroatoms. The van der Waals surface area contributed by atoms with Crippen molar-refractivity contribution < 1.29 is 4.74 Å². The van der Waals surface area contributed by atoms with Crippen LogP contribution in [0.4, 0.5) is 0 Å². The molecule has 0 bridgehead atoms. The molecule has 0 aromatic heterocycles. The van der Waals surface area contributed by atoms with E-state index in [0.717, 1.165) is 29.8 Å². The second kappa shape index (κ2) is 5.84. The van der Waals surface area contributed by atoms with Crippen LogP contribution in [0, 0.1) is 5.41 Å². The summed E-state index contributed by atoms with van der Waals surface area (Å²) in [5, 5.41) is 3.62. The first kappa shape index (κ1) is 14.9. The highest BCUT2D eigenvalue weighted by Gasteiger charge is 2.42. The van der Waals surface area contributed by atoms with Crippen LogP contribution in [0.2, 0.25) is 0 Å². The van der Waals surface area contributed by atoms with Gasteiger partial charge in [-0.3, -0.25) is 0 Å². The van der Waals surface area contributed by atoms with Crippen LogP contribution in [0.1, 0.15) is 40.0 Å². The van der Waals surface area contributed by atoms with Gasteiger partial charge in [-0.1, -0.05) is 15.9 Å². The van der Waals surface area contributed by atoms with E-state index in [9.17, 15) is 0 Å². The fourth-order valence-corrected chi connectivity index (χ4v) is 2.33. The molecule has 0 amide bonds. The standard InChI is InChI=1S/C16H24BrNO/c1-15(2,3)18-12-16(8-9-16)10-11-19-14-6-4-13(17)5-7-14/h4-7,18H,8-12H2,1-3H3. The van der Waals surface area contributed by atoms with E-state index in [4.69, 9.17) is 4.74 Å². The van der Waals surface area contributed by atoms with Crippen LogP contribution in [0.5, 0.6) is 5.75 Å². The molecule has 1 aliphatic rings. The summed E-state index contributed by atoms with van der Waals surface area (Å²) >= 11 is 3.43. The van der Waals surface area contributed by atoms with Crippen molar-refractivity contribution in [3.8, 4) is 5.75 Å². The highest BCUT2D eigenvalue weighted by molar-refractivity contribution is 9.10. The largest absolute Gasteiger partial charge is 0.494 e. The minimum atomic E-state index is 0.210. The Morgan fingerprint density at radius 1 is 1.21 bits per heavy atom. The van der Waals surface area contributed by atoms with Gasteiger partial charge < -0.3 is 10.1 Å². The number of benzene rings is 1. The van der Waals surface area contributed by atoms with Crippen molar-refractivity contribution in [2.24, 2.45) is 5.41 Å². The Kier molecular flexibility index (Phi) is 4.57. The molecule has 0 saturated heterocycles. The minimum absolute atomic E-state index is 0.210. The zero-order chi connectivity index (χ0) is 13.9. The van der Waals surface area contributed by atoms with Gasteiger partial charge in [-0.15, -0.1) is 0 Å². The van der Waals surface area contributed by atoms with E-state index < -0.39 is 0 Å². The number of ether oxygens (including phenoxy) is 1. The lowest BCUT2D eigenvalue weighted by atomic mass is 10.0. The third-order valence-corrected chi connectivity index (χ3v) is 4.19. The molecular formula is C16H24BrNO. The van der Waals surface area contributed by atoms with Gasteiger partial charge in [0.25, 0.3) is 0 Å². The second-order valence-corrected chi connectivity index (χ2v) is 7.57. The zero-order valence-corrected chi connectivity index (χ0v) is 13.7. The molecule has 1 aromatic rings. The van der Waals surface area contributed by atoms with Crippen molar-refractivity contribution in [2.45, 2.75) is 45.6 Å². The highest BCUT2D eigenvalue weighted by Crippen LogP contribution is 2.48. The van der Waals surface area contributed by atoms with Gasteiger partial charge in [0.1, 0.15) is 5.75 Å². The molecule has 1 aromatic carbocycles. The molecule has 0 radical (unpaired) electrons. The maximum atomic E-state index is 5.82. The molecule has 0 unspecified atom stereocenters. The van der Waals surface area contributed by atoms with Crippen LogP contribution in [-0.2, 0) is 0 Å². The quantitative estimate of drug-likeness (QED) is 0.837. The Morgan fingerprint density at radius 3 is 2.37 bits per heavy atom. The number of hydrogen-bond donors (Lipinski definition) is 1. The SMILES string of the molecule is CC(C)(C)NCC1(CCOc2ccc(Br)cc2)CC1. The van der Waals surface area contributed by atoms with Crippen molar-refractivity contribution in [3.05, 3.63) is 28.7 Å². The summed E-state index contributed by atoms with van der Waals surface area (Å²) in [6.07, 6.45) is 3.81. The summed E-state index contributed by atoms with van der Waals surface area (Å²) in [6.45, 7) is 8.60. The van der Waals surface area contributed by atoms with E-state index in [1.807, 2.05) is 24.3 Å². The molecule has 19 heavy (non-hydrogen) atoms. The van der Waals surface area contributed by atoms with Gasteiger partial charge in [0.15, 0.2) is 0 Å². The van der Waals surface area contributed by atoms with Gasteiger partial charge >= 0.3 is 0 Å². The zero-order valence-electron chi connectivity index (χ0n) is 12.1. The molecule has 0 aliphatic heterocycles. The Balaban J connectivity index is 1.72. The maximum absolute atomic E-state index is 5.82. The van der Waals surface area contributed by atoms with Crippen molar-refractivity contribution in [1.82, 2.24) is 5.32 Å². The number of nitrogens with one attached hydrogen (secondary N) is 1. The topological polar surface area (TPSA) is 21.3 Å². The van der Waals surface area contributed by atoms with Gasteiger partial charge in [-0.2, -0.15) is 0 Å². The average Bonchev–Trinajstić information content (AvgIpc) is 3.09. The minimum Gasteiger partial charge on any atom is -0.494 e. The lowest BCUT2D eigenvalue weighted by molar-refractivity contribution is 0.254. The van der Waals surface area contributed by atoms with Gasteiger partial charge in [0.2, 0.25) is 0 Å². The first-order valence-corrected chi connectivity index (χ1v) is 7.81. The Labute approximate surface area is 125 Å². The third kappa shape index (κ3) is 5.15. The molecule has 2 rings (SSSR count). The van der Waals surface area contributed by atoms with Crippen molar-refractivity contribution in [1.29, 1.82) is 0 Å². The van der Waals surface area contributed by atoms with E-state index in [2.05, 4.69) is 42.0 Å². The molecule has 106 valence electrons. The molecule has 1 N–H and O–H groups in total. The van der Waals surface area contributed by atoms with Crippen molar-refractivity contribution >= 4 is 15.9 Å². The molecule has 0 spiro atoms. The van der Waals surface area contributed by atoms with E-state index in [1.165, 1.54) is 12.8 Å². The predicted octanol–water partition coefficient (Wildman–Crippen LogP) is 4.39. The molecule has 1 saturated carbocycles. The molecule has 0 atom stereocenters. The smallest absolute Gasteiger partial charge is 0.119 e. The summed E-state index contributed by atoms with van der Waals surface area (Å²) < 4.78 is 6.91. The lowest BCUT2D eigenvalue weighted by Gasteiger charge is -2.25. The highest BCUT2D eigenvalue weighted by atomic mass is 79.9. The molecule has 1 aliphatic carbocycles. The van der Waals surface area contributed by atoms with Gasteiger partial charge in [-0.05, 0) is 69.7 Å². The van der Waals surface area contributed by atoms with Crippen LogP contribution >= 0.6 is 15.9 Å². The van der Waals surface area contributed by atoms with Crippen LogP contribution in [0.3, 0.4) is 0 Å². The summed E-state index contributed by atoms with van der Waals surface area (Å²) in [7, 11) is 0. The van der Waals surface area contributed by atoms with E-state index in [0.29, 0.717) is 5.41 Å². The molecule has 1 fully saturated rings. The summed E-state index contributed by atoms with van der Waals surface area (Å²) in [5.74, 6) is 0.961. The first-order valence-electron chi connectivity index (χ1n) is 7.02. The second-order valence-electron chi connectivity index (χ2n) is 6.66. The summed E-state index contributed by atoms with van der Waals surface area (Å²) in [5.41, 5.74) is 0.699.